The summed E-state index contributed by atoms with van der Waals surface area (Å²) in [7, 11) is 0. The summed E-state index contributed by atoms with van der Waals surface area (Å²) < 4.78 is 5.33. The van der Waals surface area contributed by atoms with E-state index in [0.717, 1.165) is 52.4 Å². The molecule has 18 heavy (non-hydrogen) atoms. The van der Waals surface area contributed by atoms with Crippen molar-refractivity contribution in [3.05, 3.63) is 15.6 Å². The van der Waals surface area contributed by atoms with Gasteiger partial charge in [-0.1, -0.05) is 0 Å². The lowest BCUT2D eigenvalue weighted by Crippen LogP contribution is -2.40. The highest BCUT2D eigenvalue weighted by atomic mass is 32.1. The monoisotopic (exact) mass is 269 g/mol. The topological polar surface area (TPSA) is 37.4 Å². The van der Waals surface area contributed by atoms with Gasteiger partial charge in [0.1, 0.15) is 0 Å². The molecule has 0 aliphatic carbocycles. The highest BCUT2D eigenvalue weighted by molar-refractivity contribution is 7.11. The maximum absolute atomic E-state index is 5.33. The summed E-state index contributed by atoms with van der Waals surface area (Å²) in [5.74, 6) is 0. The van der Waals surface area contributed by atoms with Gasteiger partial charge < -0.3 is 10.1 Å². The smallest absolute Gasteiger partial charge is 0.0943 e. The van der Waals surface area contributed by atoms with E-state index in [4.69, 9.17) is 4.74 Å². The van der Waals surface area contributed by atoms with Crippen molar-refractivity contribution in [3.63, 3.8) is 0 Å². The highest BCUT2D eigenvalue weighted by Crippen LogP contribution is 2.16. The molecule has 5 heteroatoms. The van der Waals surface area contributed by atoms with Gasteiger partial charge in [-0.15, -0.1) is 11.3 Å². The summed E-state index contributed by atoms with van der Waals surface area (Å²) in [5, 5.41) is 4.75. The summed E-state index contributed by atoms with van der Waals surface area (Å²) in [6.07, 6.45) is 1.04. The third-order valence-corrected chi connectivity index (χ3v) is 4.43. The number of hydrogen-bond acceptors (Lipinski definition) is 5. The molecule has 1 aliphatic rings. The zero-order chi connectivity index (χ0) is 12.8. The average molecular weight is 269 g/mol. The molecule has 1 saturated heterocycles. The van der Waals surface area contributed by atoms with Crippen molar-refractivity contribution in [1.82, 2.24) is 15.2 Å². The van der Waals surface area contributed by atoms with Gasteiger partial charge in [-0.2, -0.15) is 0 Å². The molecule has 1 fully saturated rings. The number of aryl methyl sites for hydroxylation is 2. The zero-order valence-corrected chi connectivity index (χ0v) is 12.2. The van der Waals surface area contributed by atoms with Gasteiger partial charge in [0, 0.05) is 44.0 Å². The maximum Gasteiger partial charge on any atom is 0.0943 e. The van der Waals surface area contributed by atoms with Crippen molar-refractivity contribution < 1.29 is 4.74 Å². The summed E-state index contributed by atoms with van der Waals surface area (Å²) in [6.45, 7) is 11.4. The molecule has 0 aromatic carbocycles. The minimum Gasteiger partial charge on any atom is -0.379 e. The van der Waals surface area contributed by atoms with Crippen LogP contribution in [0.25, 0.3) is 0 Å². The van der Waals surface area contributed by atoms with Crippen LogP contribution in [0.3, 0.4) is 0 Å². The Morgan fingerprint density at radius 3 is 2.72 bits per heavy atom. The molecule has 4 nitrogen and oxygen atoms in total. The van der Waals surface area contributed by atoms with E-state index < -0.39 is 0 Å². The van der Waals surface area contributed by atoms with Crippen LogP contribution in [0.15, 0.2) is 0 Å². The number of hydrogen-bond donors (Lipinski definition) is 1. The third kappa shape index (κ3) is 4.31. The molecule has 0 amide bonds. The molecule has 1 aromatic heterocycles. The van der Waals surface area contributed by atoms with E-state index in [-0.39, 0.29) is 0 Å². The molecule has 0 bridgehead atoms. The second kappa shape index (κ2) is 7.19. The van der Waals surface area contributed by atoms with Gasteiger partial charge in [-0.05, 0) is 13.8 Å². The first-order valence-corrected chi connectivity index (χ1v) is 7.51. The van der Waals surface area contributed by atoms with Crippen LogP contribution in [-0.4, -0.2) is 55.8 Å². The van der Waals surface area contributed by atoms with Crippen molar-refractivity contribution in [2.45, 2.75) is 20.3 Å². The maximum atomic E-state index is 5.33. The molecule has 0 spiro atoms. The Labute approximate surface area is 113 Å². The molecule has 2 rings (SSSR count). The molecule has 102 valence electrons. The number of aromatic nitrogens is 1. The highest BCUT2D eigenvalue weighted by Gasteiger charge is 2.09. The van der Waals surface area contributed by atoms with Gasteiger partial charge in [0.05, 0.1) is 23.9 Å². The lowest BCUT2D eigenvalue weighted by atomic mass is 10.4. The number of rotatable bonds is 6. The molecule has 1 N–H and O–H groups in total. The Hall–Kier alpha value is -0.490. The van der Waals surface area contributed by atoms with E-state index in [1.807, 2.05) is 11.3 Å². The van der Waals surface area contributed by atoms with Crippen molar-refractivity contribution in [3.8, 4) is 0 Å². The van der Waals surface area contributed by atoms with Crippen LogP contribution in [0.4, 0.5) is 0 Å². The summed E-state index contributed by atoms with van der Waals surface area (Å²) in [5.41, 5.74) is 1.18. The SMILES string of the molecule is Cc1nc(CCNCCN2CCOCC2)sc1C. The van der Waals surface area contributed by atoms with Gasteiger partial charge in [0.2, 0.25) is 0 Å². The van der Waals surface area contributed by atoms with E-state index in [2.05, 4.69) is 29.0 Å². The first-order valence-electron chi connectivity index (χ1n) is 6.69. The first-order chi connectivity index (χ1) is 8.75. The Bertz CT molecular complexity index is 342. The van der Waals surface area contributed by atoms with Crippen LogP contribution in [0.2, 0.25) is 0 Å². The lowest BCUT2D eigenvalue weighted by molar-refractivity contribution is 0.0385. The first kappa shape index (κ1) is 13.9. The Morgan fingerprint density at radius 1 is 1.28 bits per heavy atom. The van der Waals surface area contributed by atoms with Crippen molar-refractivity contribution in [2.75, 3.05) is 45.9 Å². The van der Waals surface area contributed by atoms with E-state index >= 15 is 0 Å². The predicted molar refractivity (Wildman–Crippen MR) is 75.4 cm³/mol. The second-order valence-electron chi connectivity index (χ2n) is 4.70. The van der Waals surface area contributed by atoms with Crippen LogP contribution in [0.5, 0.6) is 0 Å². The van der Waals surface area contributed by atoms with E-state index in [1.165, 1.54) is 15.6 Å². The summed E-state index contributed by atoms with van der Waals surface area (Å²) in [6, 6.07) is 0. The minimum absolute atomic E-state index is 0.887. The number of nitrogens with zero attached hydrogens (tertiary/aromatic N) is 2. The largest absolute Gasteiger partial charge is 0.379 e. The quantitative estimate of drug-likeness (QED) is 0.788. The molecule has 0 radical (unpaired) electrons. The standard InChI is InChI=1S/C13H23N3OS/c1-11-12(2)18-13(15-11)3-4-14-5-6-16-7-9-17-10-8-16/h14H,3-10H2,1-2H3. The molecule has 1 aromatic rings. The van der Waals surface area contributed by atoms with E-state index in [9.17, 15) is 0 Å². The van der Waals surface area contributed by atoms with Gasteiger partial charge in [0.25, 0.3) is 0 Å². The zero-order valence-electron chi connectivity index (χ0n) is 11.4. The van der Waals surface area contributed by atoms with Gasteiger partial charge >= 0.3 is 0 Å². The van der Waals surface area contributed by atoms with Gasteiger partial charge in [0.15, 0.2) is 0 Å². The lowest BCUT2D eigenvalue weighted by Gasteiger charge is -2.26. The molecular weight excluding hydrogens is 246 g/mol. The van der Waals surface area contributed by atoms with Crippen molar-refractivity contribution >= 4 is 11.3 Å². The molecule has 1 aliphatic heterocycles. The molecule has 2 heterocycles. The molecule has 0 unspecified atom stereocenters. The van der Waals surface area contributed by atoms with Crippen LogP contribution in [0, 0.1) is 13.8 Å². The minimum atomic E-state index is 0.887. The fourth-order valence-electron chi connectivity index (χ4n) is 2.03. The Balaban J connectivity index is 1.55. The van der Waals surface area contributed by atoms with Crippen LogP contribution in [0.1, 0.15) is 15.6 Å². The van der Waals surface area contributed by atoms with Crippen LogP contribution >= 0.6 is 11.3 Å². The van der Waals surface area contributed by atoms with Gasteiger partial charge in [-0.25, -0.2) is 4.98 Å². The molecule has 0 saturated carbocycles. The average Bonchev–Trinajstić information content (AvgIpc) is 2.70. The second-order valence-corrected chi connectivity index (χ2v) is 5.99. The van der Waals surface area contributed by atoms with E-state index in [1.54, 1.807) is 0 Å². The number of ether oxygens (including phenoxy) is 1. The number of nitrogens with one attached hydrogen (secondary N) is 1. The van der Waals surface area contributed by atoms with Crippen LogP contribution < -0.4 is 5.32 Å². The molecular formula is C13H23N3OS. The van der Waals surface area contributed by atoms with Gasteiger partial charge in [-0.3, -0.25) is 4.90 Å². The normalized spacial score (nSPS) is 17.2. The number of thiazole rings is 1. The van der Waals surface area contributed by atoms with Crippen molar-refractivity contribution in [2.24, 2.45) is 0 Å². The van der Waals surface area contributed by atoms with E-state index in [0.29, 0.717) is 0 Å². The third-order valence-electron chi connectivity index (χ3n) is 3.30. The fraction of sp³-hybridized carbons (Fsp3) is 0.769. The predicted octanol–water partition coefficient (Wildman–Crippen LogP) is 1.22. The Morgan fingerprint density at radius 2 is 2.06 bits per heavy atom. The Kier molecular flexibility index (Phi) is 5.56. The number of morpholine rings is 1. The summed E-state index contributed by atoms with van der Waals surface area (Å²) >= 11 is 1.82. The van der Waals surface area contributed by atoms with Crippen LogP contribution in [-0.2, 0) is 11.2 Å². The molecule has 0 atom stereocenters. The summed E-state index contributed by atoms with van der Waals surface area (Å²) in [4.78, 5) is 8.35. The fourth-order valence-corrected chi connectivity index (χ4v) is 2.96. The van der Waals surface area contributed by atoms with Crippen molar-refractivity contribution in [1.29, 1.82) is 0 Å².